The highest BCUT2D eigenvalue weighted by molar-refractivity contribution is 7.91. The first-order valence-corrected chi connectivity index (χ1v) is 8.57. The quantitative estimate of drug-likeness (QED) is 0.757. The maximum Gasteiger partial charge on any atom is 0.305 e. The molecule has 1 aliphatic carbocycles. The molecule has 3 N–H and O–H groups in total. The van der Waals surface area contributed by atoms with Crippen molar-refractivity contribution in [3.05, 3.63) is 15.4 Å². The van der Waals surface area contributed by atoms with Gasteiger partial charge in [-0.3, -0.25) is 4.79 Å². The number of aliphatic hydroxyl groups excluding tert-OH is 1. The van der Waals surface area contributed by atoms with Crippen molar-refractivity contribution in [2.75, 3.05) is 6.54 Å². The summed E-state index contributed by atoms with van der Waals surface area (Å²) in [4.78, 5) is 13.2. The van der Waals surface area contributed by atoms with Crippen molar-refractivity contribution in [3.8, 4) is 0 Å². The molecule has 0 aromatic carbocycles. The first-order chi connectivity index (χ1) is 8.90. The van der Waals surface area contributed by atoms with Gasteiger partial charge in [-0.25, -0.2) is 13.1 Å². The molecule has 2 rings (SSSR count). The molecule has 8 heteroatoms. The Morgan fingerprint density at radius 1 is 1.42 bits per heavy atom. The zero-order valence-corrected chi connectivity index (χ0v) is 12.3. The van der Waals surface area contributed by atoms with Crippen LogP contribution in [0.4, 0.5) is 0 Å². The van der Waals surface area contributed by atoms with Crippen LogP contribution in [-0.4, -0.2) is 31.2 Å². The van der Waals surface area contributed by atoms with E-state index < -0.39 is 16.1 Å². The van der Waals surface area contributed by atoms with Crippen LogP contribution in [0.3, 0.4) is 0 Å². The van der Waals surface area contributed by atoms with Gasteiger partial charge in [-0.1, -0.05) is 24.2 Å². The lowest BCUT2D eigenvalue weighted by atomic mass is 9.87. The molecule has 0 saturated heterocycles. The molecule has 108 valence electrons. The van der Waals surface area contributed by atoms with Crippen LogP contribution in [0, 0.1) is 12.8 Å². The molecule has 2 atom stereocenters. The second-order valence-corrected chi connectivity index (χ2v) is 7.84. The SMILES string of the molecule is Cc1[nH]c(=O)sc1S(=O)(=O)NCC1CCCCC1O. The van der Waals surface area contributed by atoms with E-state index in [0.29, 0.717) is 17.0 Å². The van der Waals surface area contributed by atoms with Gasteiger partial charge in [0.1, 0.15) is 0 Å². The van der Waals surface area contributed by atoms with Gasteiger partial charge in [0.25, 0.3) is 10.0 Å². The Morgan fingerprint density at radius 3 is 2.68 bits per heavy atom. The highest BCUT2D eigenvalue weighted by Crippen LogP contribution is 2.24. The predicted octanol–water partition coefficient (Wildman–Crippen LogP) is 0.574. The first-order valence-electron chi connectivity index (χ1n) is 6.27. The Hall–Kier alpha value is -0.700. The van der Waals surface area contributed by atoms with E-state index in [1.165, 1.54) is 0 Å². The number of aromatic amines is 1. The number of hydrogen-bond donors (Lipinski definition) is 3. The smallest absolute Gasteiger partial charge is 0.305 e. The van der Waals surface area contributed by atoms with Gasteiger partial charge in [0.05, 0.1) is 6.10 Å². The molecule has 19 heavy (non-hydrogen) atoms. The number of H-pyrrole nitrogens is 1. The Balaban J connectivity index is 2.05. The topological polar surface area (TPSA) is 99.3 Å². The van der Waals surface area contributed by atoms with Crippen LogP contribution in [-0.2, 0) is 10.0 Å². The van der Waals surface area contributed by atoms with E-state index in [0.717, 1.165) is 25.7 Å². The minimum Gasteiger partial charge on any atom is -0.393 e. The molecule has 0 bridgehead atoms. The Labute approximate surface area is 115 Å². The fourth-order valence-corrected chi connectivity index (χ4v) is 4.79. The highest BCUT2D eigenvalue weighted by Gasteiger charge is 2.26. The molecule has 1 aromatic heterocycles. The summed E-state index contributed by atoms with van der Waals surface area (Å²) < 4.78 is 26.7. The van der Waals surface area contributed by atoms with Gasteiger partial charge in [-0.15, -0.1) is 0 Å². The first kappa shape index (κ1) is 14.7. The van der Waals surface area contributed by atoms with Crippen LogP contribution in [0.5, 0.6) is 0 Å². The minimum atomic E-state index is -3.67. The normalized spacial score (nSPS) is 24.5. The summed E-state index contributed by atoms with van der Waals surface area (Å²) in [7, 11) is -3.67. The van der Waals surface area contributed by atoms with Crippen LogP contribution in [0.2, 0.25) is 0 Å². The van der Waals surface area contributed by atoms with Gasteiger partial charge < -0.3 is 10.1 Å². The largest absolute Gasteiger partial charge is 0.393 e. The molecule has 1 saturated carbocycles. The monoisotopic (exact) mass is 306 g/mol. The zero-order valence-electron chi connectivity index (χ0n) is 10.7. The molecule has 0 amide bonds. The van der Waals surface area contributed by atoms with E-state index in [4.69, 9.17) is 0 Å². The lowest BCUT2D eigenvalue weighted by Crippen LogP contribution is -2.36. The summed E-state index contributed by atoms with van der Waals surface area (Å²) in [5.41, 5.74) is 0.353. The van der Waals surface area contributed by atoms with Crippen LogP contribution in [0.1, 0.15) is 31.4 Å². The van der Waals surface area contributed by atoms with E-state index in [2.05, 4.69) is 9.71 Å². The zero-order chi connectivity index (χ0) is 14.0. The standard InChI is InChI=1S/C11H18N2O4S2/c1-7-10(18-11(15)13-7)19(16,17)12-6-8-4-2-3-5-9(8)14/h8-9,12,14H,2-6H2,1H3,(H,13,15). The number of hydrogen-bond acceptors (Lipinski definition) is 5. The van der Waals surface area contributed by atoms with Gasteiger partial charge >= 0.3 is 4.87 Å². The molecule has 1 fully saturated rings. The van der Waals surface area contributed by atoms with Crippen LogP contribution >= 0.6 is 11.3 Å². The third-order valence-corrected chi connectivity index (χ3v) is 6.46. The van der Waals surface area contributed by atoms with E-state index >= 15 is 0 Å². The number of thiazole rings is 1. The summed E-state index contributed by atoms with van der Waals surface area (Å²) in [5.74, 6) is -0.0421. The third kappa shape index (κ3) is 3.44. The van der Waals surface area contributed by atoms with Crippen LogP contribution < -0.4 is 9.60 Å². The number of nitrogens with one attached hydrogen (secondary N) is 2. The second kappa shape index (κ2) is 5.74. The molecule has 2 unspecified atom stereocenters. The summed E-state index contributed by atoms with van der Waals surface area (Å²) in [6.07, 6.45) is 3.11. The molecule has 0 radical (unpaired) electrons. The molecule has 1 aromatic rings. The Kier molecular flexibility index (Phi) is 4.44. The lowest BCUT2D eigenvalue weighted by molar-refractivity contribution is 0.0724. The van der Waals surface area contributed by atoms with Gasteiger partial charge in [0.2, 0.25) is 0 Å². The molecule has 1 heterocycles. The predicted molar refractivity (Wildman–Crippen MR) is 72.8 cm³/mol. The van der Waals surface area contributed by atoms with Crippen molar-refractivity contribution < 1.29 is 13.5 Å². The second-order valence-electron chi connectivity index (χ2n) is 4.89. The molecule has 1 aliphatic rings. The van der Waals surface area contributed by atoms with Crippen molar-refractivity contribution in [2.24, 2.45) is 5.92 Å². The average molecular weight is 306 g/mol. The molecular formula is C11H18N2O4S2. The number of aromatic nitrogens is 1. The summed E-state index contributed by atoms with van der Waals surface area (Å²) in [5, 5.41) is 9.81. The molecule has 0 spiro atoms. The molecular weight excluding hydrogens is 288 g/mol. The Bertz CT molecular complexity index is 590. The highest BCUT2D eigenvalue weighted by atomic mass is 32.2. The fourth-order valence-electron chi connectivity index (χ4n) is 2.36. The van der Waals surface area contributed by atoms with Crippen molar-refractivity contribution in [3.63, 3.8) is 0 Å². The van der Waals surface area contributed by atoms with E-state index in [1.54, 1.807) is 6.92 Å². The van der Waals surface area contributed by atoms with Crippen molar-refractivity contribution in [2.45, 2.75) is 42.9 Å². The van der Waals surface area contributed by atoms with Crippen molar-refractivity contribution >= 4 is 21.4 Å². The maximum atomic E-state index is 12.1. The molecule has 0 aliphatic heterocycles. The Morgan fingerprint density at radius 2 is 2.11 bits per heavy atom. The number of rotatable bonds is 4. The van der Waals surface area contributed by atoms with Crippen molar-refractivity contribution in [1.29, 1.82) is 0 Å². The lowest BCUT2D eigenvalue weighted by Gasteiger charge is -2.27. The van der Waals surface area contributed by atoms with Gasteiger partial charge in [-0.2, -0.15) is 0 Å². The van der Waals surface area contributed by atoms with Gasteiger partial charge in [0.15, 0.2) is 4.21 Å². The number of sulfonamides is 1. The third-order valence-electron chi connectivity index (χ3n) is 3.43. The minimum absolute atomic E-state index is 0.0304. The fraction of sp³-hybridized carbons (Fsp3) is 0.727. The summed E-state index contributed by atoms with van der Waals surface area (Å²) in [6, 6.07) is 0. The van der Waals surface area contributed by atoms with E-state index in [1.807, 2.05) is 0 Å². The summed E-state index contributed by atoms with van der Waals surface area (Å²) >= 11 is 0.685. The molecule has 6 nitrogen and oxygen atoms in total. The average Bonchev–Trinajstić information content (AvgIpc) is 2.68. The van der Waals surface area contributed by atoms with Crippen LogP contribution in [0.15, 0.2) is 9.00 Å². The van der Waals surface area contributed by atoms with Crippen molar-refractivity contribution in [1.82, 2.24) is 9.71 Å². The number of aryl methyl sites for hydroxylation is 1. The summed E-state index contributed by atoms with van der Waals surface area (Å²) in [6.45, 7) is 1.77. The maximum absolute atomic E-state index is 12.1. The van der Waals surface area contributed by atoms with Crippen LogP contribution in [0.25, 0.3) is 0 Å². The number of aliphatic hydroxyl groups is 1. The van der Waals surface area contributed by atoms with E-state index in [-0.39, 0.29) is 21.5 Å². The van der Waals surface area contributed by atoms with Gasteiger partial charge in [-0.05, 0) is 25.7 Å². The van der Waals surface area contributed by atoms with E-state index in [9.17, 15) is 18.3 Å². The van der Waals surface area contributed by atoms with Gasteiger partial charge in [0, 0.05) is 12.2 Å².